The van der Waals surface area contributed by atoms with Crippen LogP contribution in [0.4, 0.5) is 0 Å². The average Bonchev–Trinajstić information content (AvgIpc) is 3.27. The van der Waals surface area contributed by atoms with E-state index in [-0.39, 0.29) is 12.5 Å². The molecule has 0 fully saturated rings. The molecule has 2 heterocycles. The summed E-state index contributed by atoms with van der Waals surface area (Å²) >= 11 is 3.31. The Labute approximate surface area is 143 Å². The summed E-state index contributed by atoms with van der Waals surface area (Å²) in [7, 11) is 0. The lowest BCUT2D eigenvalue weighted by Gasteiger charge is -2.22. The Hall–Kier alpha value is -1.95. The molecule has 0 unspecified atom stereocenters. The first kappa shape index (κ1) is 15.9. The van der Waals surface area contributed by atoms with Crippen LogP contribution in [-0.2, 0) is 19.7 Å². The molecule has 0 radical (unpaired) electrons. The smallest absolute Gasteiger partial charge is 0.254 e. The molecule has 0 bridgehead atoms. The van der Waals surface area contributed by atoms with Crippen molar-refractivity contribution >= 4 is 28.6 Å². The van der Waals surface area contributed by atoms with E-state index in [2.05, 4.69) is 0 Å². The second kappa shape index (κ2) is 7.55. The lowest BCUT2D eigenvalue weighted by molar-refractivity contribution is 0.0733. The van der Waals surface area contributed by atoms with Gasteiger partial charge in [0.15, 0.2) is 0 Å². The van der Waals surface area contributed by atoms with E-state index in [0.29, 0.717) is 18.7 Å². The fourth-order valence-corrected chi connectivity index (χ4v) is 3.80. The Kier molecular flexibility index (Phi) is 5.23. The van der Waals surface area contributed by atoms with Crippen molar-refractivity contribution in [1.82, 2.24) is 4.90 Å². The van der Waals surface area contributed by atoms with E-state index in [1.807, 2.05) is 52.1 Å². The number of carbonyl (C=O) groups excluding carboxylic acids is 1. The summed E-state index contributed by atoms with van der Waals surface area (Å²) < 4.78 is 0. The first-order valence-electron chi connectivity index (χ1n) is 7.30. The highest BCUT2D eigenvalue weighted by Crippen LogP contribution is 2.20. The van der Waals surface area contributed by atoms with Crippen molar-refractivity contribution in [2.45, 2.75) is 19.7 Å². The van der Waals surface area contributed by atoms with Gasteiger partial charge in [0, 0.05) is 15.3 Å². The molecular formula is C18H17NO2S2. The quantitative estimate of drug-likeness (QED) is 0.730. The van der Waals surface area contributed by atoms with Gasteiger partial charge in [-0.15, -0.1) is 22.7 Å². The van der Waals surface area contributed by atoms with Crippen LogP contribution in [0.5, 0.6) is 0 Å². The van der Waals surface area contributed by atoms with E-state index in [9.17, 15) is 9.90 Å². The first-order chi connectivity index (χ1) is 11.3. The molecule has 3 aromatic rings. The zero-order valence-corrected chi connectivity index (χ0v) is 14.1. The van der Waals surface area contributed by atoms with Gasteiger partial charge in [0.05, 0.1) is 19.7 Å². The van der Waals surface area contributed by atoms with E-state index in [4.69, 9.17) is 0 Å². The molecule has 1 N–H and O–H groups in total. The minimum absolute atomic E-state index is 0.0119. The lowest BCUT2D eigenvalue weighted by atomic mass is 10.1. The summed E-state index contributed by atoms with van der Waals surface area (Å²) in [5, 5.41) is 13.3. The highest BCUT2D eigenvalue weighted by Gasteiger charge is 2.18. The maximum atomic E-state index is 12.9. The van der Waals surface area contributed by atoms with Crippen LogP contribution < -0.4 is 0 Å². The van der Waals surface area contributed by atoms with Crippen molar-refractivity contribution < 1.29 is 9.90 Å². The topological polar surface area (TPSA) is 40.5 Å². The number of rotatable bonds is 6. The molecular weight excluding hydrogens is 326 g/mol. The number of amides is 1. The van der Waals surface area contributed by atoms with Crippen LogP contribution in [0.3, 0.4) is 0 Å². The van der Waals surface area contributed by atoms with E-state index in [1.165, 1.54) is 0 Å². The molecule has 23 heavy (non-hydrogen) atoms. The molecule has 0 atom stereocenters. The molecule has 3 rings (SSSR count). The summed E-state index contributed by atoms with van der Waals surface area (Å²) in [6.07, 6.45) is 0. The van der Waals surface area contributed by atoms with Gasteiger partial charge in [-0.2, -0.15) is 0 Å². The second-order valence-electron chi connectivity index (χ2n) is 5.18. The van der Waals surface area contributed by atoms with Crippen LogP contribution in [0, 0.1) is 0 Å². The number of benzene rings is 1. The molecule has 0 aliphatic heterocycles. The van der Waals surface area contributed by atoms with Crippen LogP contribution in [0.25, 0.3) is 0 Å². The van der Waals surface area contributed by atoms with Gasteiger partial charge in [-0.25, -0.2) is 0 Å². The van der Waals surface area contributed by atoms with Crippen LogP contribution >= 0.6 is 22.7 Å². The molecule has 0 aliphatic carbocycles. The minimum atomic E-state index is -0.0586. The van der Waals surface area contributed by atoms with Crippen molar-refractivity contribution in [1.29, 1.82) is 0 Å². The van der Waals surface area contributed by atoms with E-state index >= 15 is 0 Å². The Bertz CT molecular complexity index is 715. The van der Waals surface area contributed by atoms with Gasteiger partial charge in [-0.3, -0.25) is 4.79 Å². The molecule has 0 saturated heterocycles. The highest BCUT2D eigenvalue weighted by atomic mass is 32.1. The third-order valence-electron chi connectivity index (χ3n) is 3.50. The van der Waals surface area contributed by atoms with Crippen LogP contribution in [0.2, 0.25) is 0 Å². The SMILES string of the molecule is O=C(c1cccc(CO)c1)N(Cc1cccs1)Cc1cccs1. The molecule has 0 spiro atoms. The maximum absolute atomic E-state index is 12.9. The fourth-order valence-electron chi connectivity index (χ4n) is 2.37. The highest BCUT2D eigenvalue weighted by molar-refractivity contribution is 7.10. The Balaban J connectivity index is 1.84. The van der Waals surface area contributed by atoms with Crippen molar-refractivity contribution in [3.63, 3.8) is 0 Å². The van der Waals surface area contributed by atoms with Gasteiger partial charge >= 0.3 is 0 Å². The number of carbonyl (C=O) groups is 1. The van der Waals surface area contributed by atoms with Crippen molar-refractivity contribution in [3.05, 3.63) is 80.2 Å². The van der Waals surface area contributed by atoms with Gasteiger partial charge in [0.2, 0.25) is 0 Å². The van der Waals surface area contributed by atoms with E-state index in [1.54, 1.807) is 34.8 Å². The summed E-state index contributed by atoms with van der Waals surface area (Å²) in [5.74, 6) is -0.0119. The zero-order valence-electron chi connectivity index (χ0n) is 12.5. The molecule has 2 aromatic heterocycles. The van der Waals surface area contributed by atoms with E-state index in [0.717, 1.165) is 15.3 Å². The van der Waals surface area contributed by atoms with Crippen LogP contribution in [-0.4, -0.2) is 15.9 Å². The normalized spacial score (nSPS) is 10.7. The van der Waals surface area contributed by atoms with Gasteiger partial charge in [-0.1, -0.05) is 24.3 Å². The predicted molar refractivity (Wildman–Crippen MR) is 94.6 cm³/mol. The molecule has 0 saturated carbocycles. The predicted octanol–water partition coefficient (Wildman–Crippen LogP) is 4.14. The third kappa shape index (κ3) is 4.07. The lowest BCUT2D eigenvalue weighted by Crippen LogP contribution is -2.29. The maximum Gasteiger partial charge on any atom is 0.254 e. The van der Waals surface area contributed by atoms with Gasteiger partial charge in [0.25, 0.3) is 5.91 Å². The summed E-state index contributed by atoms with van der Waals surface area (Å²) in [6.45, 7) is 1.13. The average molecular weight is 343 g/mol. The Morgan fingerprint density at radius 1 is 0.957 bits per heavy atom. The summed E-state index contributed by atoms with van der Waals surface area (Å²) in [4.78, 5) is 17.1. The largest absolute Gasteiger partial charge is 0.392 e. The summed E-state index contributed by atoms with van der Waals surface area (Å²) in [6, 6.07) is 15.3. The minimum Gasteiger partial charge on any atom is -0.392 e. The van der Waals surface area contributed by atoms with E-state index < -0.39 is 0 Å². The Morgan fingerprint density at radius 2 is 1.61 bits per heavy atom. The molecule has 1 aromatic carbocycles. The van der Waals surface area contributed by atoms with Crippen LogP contribution in [0.1, 0.15) is 25.7 Å². The molecule has 5 heteroatoms. The molecule has 3 nitrogen and oxygen atoms in total. The molecule has 1 amide bonds. The van der Waals surface area contributed by atoms with Crippen molar-refractivity contribution in [3.8, 4) is 0 Å². The number of nitrogens with zero attached hydrogens (tertiary/aromatic N) is 1. The van der Waals surface area contributed by atoms with Crippen molar-refractivity contribution in [2.24, 2.45) is 0 Å². The third-order valence-corrected chi connectivity index (χ3v) is 5.22. The Morgan fingerprint density at radius 3 is 2.13 bits per heavy atom. The van der Waals surface area contributed by atoms with Gasteiger partial charge in [-0.05, 0) is 40.6 Å². The standard InChI is InChI=1S/C18H17NO2S2/c20-13-14-4-1-5-15(10-14)18(21)19(11-16-6-2-8-22-16)12-17-7-3-9-23-17/h1-10,20H,11-13H2. The molecule has 0 aliphatic rings. The zero-order chi connectivity index (χ0) is 16.1. The second-order valence-corrected chi connectivity index (χ2v) is 7.24. The number of thiophene rings is 2. The monoisotopic (exact) mass is 343 g/mol. The van der Waals surface area contributed by atoms with Gasteiger partial charge in [0.1, 0.15) is 0 Å². The number of hydrogen-bond donors (Lipinski definition) is 1. The number of hydrogen-bond acceptors (Lipinski definition) is 4. The summed E-state index contributed by atoms with van der Waals surface area (Å²) in [5.41, 5.74) is 1.37. The fraction of sp³-hybridized carbons (Fsp3) is 0.167. The number of aliphatic hydroxyl groups is 1. The molecule has 118 valence electrons. The van der Waals surface area contributed by atoms with Crippen LogP contribution in [0.15, 0.2) is 59.3 Å². The first-order valence-corrected chi connectivity index (χ1v) is 9.06. The van der Waals surface area contributed by atoms with Crippen molar-refractivity contribution in [2.75, 3.05) is 0 Å². The van der Waals surface area contributed by atoms with Gasteiger partial charge < -0.3 is 10.0 Å². The number of aliphatic hydroxyl groups excluding tert-OH is 1.